The number of hydrogen-bond donors (Lipinski definition) is 0. The summed E-state index contributed by atoms with van der Waals surface area (Å²) in [7, 11) is 0. The van der Waals surface area contributed by atoms with Gasteiger partial charge in [0.05, 0.1) is 29.6 Å². The van der Waals surface area contributed by atoms with Crippen molar-refractivity contribution < 1.29 is 9.53 Å². The van der Waals surface area contributed by atoms with Crippen molar-refractivity contribution in [3.8, 4) is 5.69 Å². The number of rotatable bonds is 3. The Morgan fingerprint density at radius 2 is 2.10 bits per heavy atom. The van der Waals surface area contributed by atoms with Crippen molar-refractivity contribution in [3.63, 3.8) is 0 Å². The predicted molar refractivity (Wildman–Crippen MR) is 79.6 cm³/mol. The molecule has 0 saturated carbocycles. The van der Waals surface area contributed by atoms with Gasteiger partial charge in [0.2, 0.25) is 0 Å². The van der Waals surface area contributed by atoms with Crippen LogP contribution in [0.3, 0.4) is 0 Å². The zero-order valence-corrected chi connectivity index (χ0v) is 11.9. The Hall–Kier alpha value is -2.69. The number of nitrogens with zero attached hydrogens (tertiary/aromatic N) is 3. The standard InChI is InChI=1S/C16H15N3O2/c1-3-21-16(20)12-6-4-5-7-14(12)19-11(2)18-13-10-17-9-8-15(13)19/h4-10H,3H2,1-2H3. The predicted octanol–water partition coefficient (Wildman–Crippen LogP) is 2.91. The molecule has 0 N–H and O–H groups in total. The van der Waals surface area contributed by atoms with E-state index in [2.05, 4.69) is 9.97 Å². The first-order chi connectivity index (χ1) is 10.2. The van der Waals surface area contributed by atoms with Crippen molar-refractivity contribution in [1.82, 2.24) is 14.5 Å². The minimum atomic E-state index is -0.330. The van der Waals surface area contributed by atoms with E-state index in [1.54, 1.807) is 25.4 Å². The lowest BCUT2D eigenvalue weighted by Gasteiger charge is -2.12. The highest BCUT2D eigenvalue weighted by Gasteiger charge is 2.17. The van der Waals surface area contributed by atoms with E-state index in [9.17, 15) is 4.79 Å². The molecule has 2 heterocycles. The highest BCUT2D eigenvalue weighted by atomic mass is 16.5. The van der Waals surface area contributed by atoms with Crippen molar-refractivity contribution >= 4 is 17.0 Å². The van der Waals surface area contributed by atoms with Crippen molar-refractivity contribution in [1.29, 1.82) is 0 Å². The minimum Gasteiger partial charge on any atom is -0.462 e. The van der Waals surface area contributed by atoms with Gasteiger partial charge in [0, 0.05) is 6.20 Å². The van der Waals surface area contributed by atoms with Gasteiger partial charge in [-0.3, -0.25) is 9.55 Å². The van der Waals surface area contributed by atoms with Crippen LogP contribution in [0.1, 0.15) is 23.1 Å². The maximum Gasteiger partial charge on any atom is 0.340 e. The van der Waals surface area contributed by atoms with Crippen molar-refractivity contribution in [2.24, 2.45) is 0 Å². The fourth-order valence-corrected chi connectivity index (χ4v) is 2.41. The number of esters is 1. The van der Waals surface area contributed by atoms with Gasteiger partial charge in [-0.25, -0.2) is 9.78 Å². The molecule has 0 aliphatic carbocycles. The molecule has 3 rings (SSSR count). The van der Waals surface area contributed by atoms with E-state index in [0.717, 1.165) is 22.5 Å². The summed E-state index contributed by atoms with van der Waals surface area (Å²) in [6, 6.07) is 9.26. The Morgan fingerprint density at radius 3 is 2.90 bits per heavy atom. The molecule has 0 amide bonds. The van der Waals surface area contributed by atoms with Crippen LogP contribution in [0.15, 0.2) is 42.7 Å². The number of para-hydroxylation sites is 1. The number of pyridine rings is 1. The number of fused-ring (bicyclic) bond motifs is 1. The number of hydrogen-bond acceptors (Lipinski definition) is 4. The monoisotopic (exact) mass is 281 g/mol. The normalized spacial score (nSPS) is 10.8. The smallest absolute Gasteiger partial charge is 0.340 e. The first-order valence-electron chi connectivity index (χ1n) is 6.78. The summed E-state index contributed by atoms with van der Waals surface area (Å²) in [6.07, 6.45) is 3.43. The molecule has 1 aromatic carbocycles. The Bertz CT molecular complexity index is 808. The van der Waals surface area contributed by atoms with Crippen LogP contribution in [-0.4, -0.2) is 27.1 Å². The van der Waals surface area contributed by atoms with Gasteiger partial charge < -0.3 is 4.74 Å². The van der Waals surface area contributed by atoms with Crippen LogP contribution in [0.4, 0.5) is 0 Å². The van der Waals surface area contributed by atoms with Gasteiger partial charge in [0.1, 0.15) is 11.3 Å². The van der Waals surface area contributed by atoms with E-state index in [-0.39, 0.29) is 5.97 Å². The lowest BCUT2D eigenvalue weighted by atomic mass is 10.1. The number of carbonyl (C=O) groups is 1. The molecule has 0 saturated heterocycles. The zero-order valence-electron chi connectivity index (χ0n) is 11.9. The van der Waals surface area contributed by atoms with Crippen molar-refractivity contribution in [2.75, 3.05) is 6.61 Å². The van der Waals surface area contributed by atoms with E-state index < -0.39 is 0 Å². The maximum atomic E-state index is 12.1. The Morgan fingerprint density at radius 1 is 1.29 bits per heavy atom. The highest BCUT2D eigenvalue weighted by molar-refractivity contribution is 5.94. The molecule has 0 atom stereocenters. The number of benzene rings is 1. The quantitative estimate of drug-likeness (QED) is 0.693. The van der Waals surface area contributed by atoms with E-state index in [1.807, 2.05) is 35.8 Å². The van der Waals surface area contributed by atoms with E-state index >= 15 is 0 Å². The van der Waals surface area contributed by atoms with Crippen LogP contribution in [0.5, 0.6) is 0 Å². The van der Waals surface area contributed by atoms with Crippen molar-refractivity contribution in [3.05, 3.63) is 54.1 Å². The summed E-state index contributed by atoms with van der Waals surface area (Å²) in [5.74, 6) is 0.471. The number of imidazole rings is 1. The van der Waals surface area contributed by atoms with Gasteiger partial charge in [-0.15, -0.1) is 0 Å². The molecule has 0 spiro atoms. The Labute approximate surface area is 122 Å². The topological polar surface area (TPSA) is 57.0 Å². The molecule has 0 aliphatic rings. The van der Waals surface area contributed by atoms with Gasteiger partial charge in [-0.05, 0) is 32.0 Å². The van der Waals surface area contributed by atoms with E-state index in [1.165, 1.54) is 0 Å². The van der Waals surface area contributed by atoms with Crippen LogP contribution in [0.2, 0.25) is 0 Å². The van der Waals surface area contributed by atoms with Gasteiger partial charge in [-0.2, -0.15) is 0 Å². The number of ether oxygens (including phenoxy) is 1. The lowest BCUT2D eigenvalue weighted by Crippen LogP contribution is -2.10. The highest BCUT2D eigenvalue weighted by Crippen LogP contribution is 2.23. The number of aromatic nitrogens is 3. The summed E-state index contributed by atoms with van der Waals surface area (Å²) in [4.78, 5) is 20.7. The summed E-state index contributed by atoms with van der Waals surface area (Å²) < 4.78 is 7.08. The minimum absolute atomic E-state index is 0.330. The Kier molecular flexibility index (Phi) is 3.39. The third kappa shape index (κ3) is 2.27. The Balaban J connectivity index is 2.24. The molecule has 5 heteroatoms. The molecular weight excluding hydrogens is 266 g/mol. The molecule has 106 valence electrons. The molecule has 5 nitrogen and oxygen atoms in total. The van der Waals surface area contributed by atoms with Gasteiger partial charge in [0.15, 0.2) is 0 Å². The first kappa shape index (κ1) is 13.3. The van der Waals surface area contributed by atoms with Gasteiger partial charge in [0.25, 0.3) is 0 Å². The van der Waals surface area contributed by atoms with Crippen LogP contribution in [0.25, 0.3) is 16.7 Å². The van der Waals surface area contributed by atoms with Crippen LogP contribution in [-0.2, 0) is 4.74 Å². The maximum absolute atomic E-state index is 12.1. The van der Waals surface area contributed by atoms with E-state index in [4.69, 9.17) is 4.74 Å². The average Bonchev–Trinajstić information content (AvgIpc) is 2.83. The SMILES string of the molecule is CCOC(=O)c1ccccc1-n1c(C)nc2cnccc21. The molecule has 0 fully saturated rings. The fourth-order valence-electron chi connectivity index (χ4n) is 2.41. The second-order valence-corrected chi connectivity index (χ2v) is 4.60. The molecule has 0 aliphatic heterocycles. The molecular formula is C16H15N3O2. The second kappa shape index (κ2) is 5.36. The molecule has 2 aromatic heterocycles. The lowest BCUT2D eigenvalue weighted by molar-refractivity contribution is 0.0526. The molecule has 0 bridgehead atoms. The van der Waals surface area contributed by atoms with E-state index in [0.29, 0.717) is 12.2 Å². The first-order valence-corrected chi connectivity index (χ1v) is 6.78. The average molecular weight is 281 g/mol. The van der Waals surface area contributed by atoms with Gasteiger partial charge in [-0.1, -0.05) is 12.1 Å². The third-order valence-corrected chi connectivity index (χ3v) is 3.26. The largest absolute Gasteiger partial charge is 0.462 e. The fraction of sp³-hybridized carbons (Fsp3) is 0.188. The number of aryl methyl sites for hydroxylation is 1. The molecule has 0 radical (unpaired) electrons. The molecule has 3 aromatic rings. The van der Waals surface area contributed by atoms with Crippen molar-refractivity contribution in [2.45, 2.75) is 13.8 Å². The summed E-state index contributed by atoms with van der Waals surface area (Å²) in [6.45, 7) is 4.05. The summed E-state index contributed by atoms with van der Waals surface area (Å²) >= 11 is 0. The molecule has 0 unspecified atom stereocenters. The van der Waals surface area contributed by atoms with Crippen LogP contribution < -0.4 is 0 Å². The second-order valence-electron chi connectivity index (χ2n) is 4.60. The zero-order chi connectivity index (χ0) is 14.8. The molecule has 21 heavy (non-hydrogen) atoms. The van der Waals surface area contributed by atoms with Crippen LogP contribution in [0, 0.1) is 6.92 Å². The summed E-state index contributed by atoms with van der Waals surface area (Å²) in [5.41, 5.74) is 3.01. The van der Waals surface area contributed by atoms with Gasteiger partial charge >= 0.3 is 5.97 Å². The summed E-state index contributed by atoms with van der Waals surface area (Å²) in [5, 5.41) is 0. The number of carbonyl (C=O) groups excluding carboxylic acids is 1. The van der Waals surface area contributed by atoms with Crippen LogP contribution >= 0.6 is 0 Å². The third-order valence-electron chi connectivity index (χ3n) is 3.26.